The number of carbonyl (C=O) groups is 3. The Hall–Kier alpha value is -3.26. The van der Waals surface area contributed by atoms with E-state index in [1.165, 1.54) is 16.7 Å². The first-order valence-electron chi connectivity index (χ1n) is 11.1. The minimum Gasteiger partial charge on any atom is -0.483 e. The SMILES string of the molecule is Cc1ccc(CN2C(=O)CCC23CCCN(Cc2cccnc2)CC3)cc1.O=CO.O=CO. The number of nitrogens with zero attached hydrogens (tertiary/aromatic N) is 3. The first-order valence-corrected chi connectivity index (χ1v) is 11.1. The van der Waals surface area contributed by atoms with Crippen molar-refractivity contribution in [2.75, 3.05) is 13.1 Å². The maximum absolute atomic E-state index is 12.7. The normalized spacial score (nSPS) is 20.2. The van der Waals surface area contributed by atoms with Gasteiger partial charge in [0.05, 0.1) is 0 Å². The predicted molar refractivity (Wildman–Crippen MR) is 124 cm³/mol. The maximum Gasteiger partial charge on any atom is 0.290 e. The van der Waals surface area contributed by atoms with Gasteiger partial charge in [0.1, 0.15) is 0 Å². The highest BCUT2D eigenvalue weighted by Gasteiger charge is 2.45. The number of rotatable bonds is 4. The molecule has 1 aromatic carbocycles. The molecule has 1 atom stereocenters. The monoisotopic (exact) mass is 455 g/mol. The minimum atomic E-state index is -0.250. The van der Waals surface area contributed by atoms with Gasteiger partial charge < -0.3 is 15.1 Å². The lowest BCUT2D eigenvalue weighted by atomic mass is 9.87. The number of hydrogen-bond donors (Lipinski definition) is 2. The first kappa shape index (κ1) is 26.0. The molecule has 4 rings (SSSR count). The largest absolute Gasteiger partial charge is 0.483 e. The fourth-order valence-electron chi connectivity index (χ4n) is 4.67. The van der Waals surface area contributed by atoms with Gasteiger partial charge in [0.15, 0.2) is 0 Å². The summed E-state index contributed by atoms with van der Waals surface area (Å²) >= 11 is 0. The second-order valence-corrected chi connectivity index (χ2v) is 8.39. The van der Waals surface area contributed by atoms with E-state index in [9.17, 15) is 4.79 Å². The topological polar surface area (TPSA) is 111 Å². The molecule has 8 heteroatoms. The van der Waals surface area contributed by atoms with Gasteiger partial charge in [-0.05, 0) is 56.3 Å². The lowest BCUT2D eigenvalue weighted by Crippen LogP contribution is -2.45. The van der Waals surface area contributed by atoms with Crippen LogP contribution < -0.4 is 0 Å². The summed E-state index contributed by atoms with van der Waals surface area (Å²) in [5, 5.41) is 13.8. The molecule has 8 nitrogen and oxygen atoms in total. The summed E-state index contributed by atoms with van der Waals surface area (Å²) in [5.41, 5.74) is 3.83. The first-order chi connectivity index (χ1) is 16.0. The van der Waals surface area contributed by atoms with Crippen molar-refractivity contribution in [3.05, 3.63) is 65.5 Å². The average Bonchev–Trinajstić information content (AvgIpc) is 2.97. The zero-order valence-corrected chi connectivity index (χ0v) is 19.1. The van der Waals surface area contributed by atoms with E-state index in [-0.39, 0.29) is 18.5 Å². The Morgan fingerprint density at radius 2 is 1.67 bits per heavy atom. The van der Waals surface area contributed by atoms with Gasteiger partial charge in [0.2, 0.25) is 5.91 Å². The molecule has 1 spiro atoms. The van der Waals surface area contributed by atoms with Crippen molar-refractivity contribution in [3.8, 4) is 0 Å². The molecule has 2 fully saturated rings. The molecular formula is C25H33N3O5. The van der Waals surface area contributed by atoms with E-state index in [4.69, 9.17) is 19.8 Å². The molecule has 2 N–H and O–H groups in total. The summed E-state index contributed by atoms with van der Waals surface area (Å²) in [4.78, 5) is 38.4. The van der Waals surface area contributed by atoms with E-state index in [1.54, 1.807) is 0 Å². The molecule has 2 aromatic rings. The molecule has 0 saturated carbocycles. The highest BCUT2D eigenvalue weighted by molar-refractivity contribution is 5.79. The van der Waals surface area contributed by atoms with Crippen molar-refractivity contribution in [1.29, 1.82) is 0 Å². The summed E-state index contributed by atoms with van der Waals surface area (Å²) in [6, 6.07) is 12.8. The maximum atomic E-state index is 12.7. The Labute approximate surface area is 194 Å². The second kappa shape index (κ2) is 13.3. The van der Waals surface area contributed by atoms with Crippen LogP contribution in [-0.2, 0) is 27.5 Å². The average molecular weight is 456 g/mol. The Kier molecular flexibility index (Phi) is 10.5. The van der Waals surface area contributed by atoms with Crippen molar-refractivity contribution in [2.45, 2.75) is 57.7 Å². The van der Waals surface area contributed by atoms with Crippen LogP contribution in [0.1, 0.15) is 48.8 Å². The van der Waals surface area contributed by atoms with Crippen molar-refractivity contribution in [3.63, 3.8) is 0 Å². The van der Waals surface area contributed by atoms with Crippen LogP contribution in [0.5, 0.6) is 0 Å². The predicted octanol–water partition coefficient (Wildman–Crippen LogP) is 3.34. The number of aromatic nitrogens is 1. The molecule has 0 radical (unpaired) electrons. The van der Waals surface area contributed by atoms with Crippen molar-refractivity contribution in [1.82, 2.24) is 14.8 Å². The Balaban J connectivity index is 0.000000582. The van der Waals surface area contributed by atoms with Crippen LogP contribution >= 0.6 is 0 Å². The van der Waals surface area contributed by atoms with Crippen molar-refractivity contribution in [2.24, 2.45) is 0 Å². The van der Waals surface area contributed by atoms with E-state index < -0.39 is 0 Å². The number of amides is 1. The molecule has 178 valence electrons. The number of benzene rings is 1. The molecule has 1 unspecified atom stereocenters. The fraction of sp³-hybridized carbons (Fsp3) is 0.440. The van der Waals surface area contributed by atoms with Crippen LogP contribution in [0, 0.1) is 6.92 Å². The van der Waals surface area contributed by atoms with Gasteiger partial charge in [-0.15, -0.1) is 0 Å². The smallest absolute Gasteiger partial charge is 0.290 e. The number of pyridine rings is 1. The molecule has 2 aliphatic rings. The summed E-state index contributed by atoms with van der Waals surface area (Å²) in [6.45, 7) is 5.46. The number of carbonyl (C=O) groups excluding carboxylic acids is 1. The van der Waals surface area contributed by atoms with E-state index in [2.05, 4.69) is 52.0 Å². The molecule has 0 aliphatic carbocycles. The third-order valence-electron chi connectivity index (χ3n) is 6.28. The van der Waals surface area contributed by atoms with Gasteiger partial charge in [0, 0.05) is 44.0 Å². The zero-order valence-electron chi connectivity index (χ0n) is 19.1. The van der Waals surface area contributed by atoms with Crippen LogP contribution in [0.3, 0.4) is 0 Å². The Morgan fingerprint density at radius 3 is 2.30 bits per heavy atom. The van der Waals surface area contributed by atoms with E-state index >= 15 is 0 Å². The third-order valence-corrected chi connectivity index (χ3v) is 6.28. The lowest BCUT2D eigenvalue weighted by molar-refractivity contribution is -0.132. The number of carboxylic acid groups (broad SMARTS) is 2. The second-order valence-electron chi connectivity index (χ2n) is 8.39. The minimum absolute atomic E-state index is 0.0473. The van der Waals surface area contributed by atoms with Gasteiger partial charge >= 0.3 is 0 Å². The highest BCUT2D eigenvalue weighted by atomic mass is 16.3. The number of likely N-dealkylation sites (tertiary alicyclic amines) is 2. The molecule has 1 amide bonds. The van der Waals surface area contributed by atoms with Crippen molar-refractivity contribution < 1.29 is 24.6 Å². The molecule has 33 heavy (non-hydrogen) atoms. The third kappa shape index (κ3) is 7.68. The van der Waals surface area contributed by atoms with Gasteiger partial charge in [-0.25, -0.2) is 0 Å². The van der Waals surface area contributed by atoms with Gasteiger partial charge in [-0.3, -0.25) is 24.3 Å². The summed E-state index contributed by atoms with van der Waals surface area (Å²) in [6.07, 6.45) is 8.85. The van der Waals surface area contributed by atoms with Crippen LogP contribution in [0.15, 0.2) is 48.8 Å². The fourth-order valence-corrected chi connectivity index (χ4v) is 4.67. The zero-order chi connectivity index (χ0) is 24.1. The Morgan fingerprint density at radius 1 is 0.970 bits per heavy atom. The molecule has 1 aromatic heterocycles. The quantitative estimate of drug-likeness (QED) is 0.680. The summed E-state index contributed by atoms with van der Waals surface area (Å²) < 4.78 is 0. The standard InChI is InChI=1S/C23H29N3O.2CH2O2/c1-19-5-7-20(8-6-19)18-26-22(27)9-11-23(26)10-3-14-25(15-12-23)17-21-4-2-13-24-16-21;2*2-1-3/h2,4-8,13,16H,3,9-12,14-15,17-18H2,1H3;2*1H,(H,2,3). The van der Waals surface area contributed by atoms with Crippen LogP contribution in [0.2, 0.25) is 0 Å². The molecular weight excluding hydrogens is 422 g/mol. The van der Waals surface area contributed by atoms with E-state index in [0.29, 0.717) is 12.3 Å². The summed E-state index contributed by atoms with van der Waals surface area (Å²) in [5.74, 6) is 0.330. The van der Waals surface area contributed by atoms with Gasteiger partial charge in [-0.2, -0.15) is 0 Å². The van der Waals surface area contributed by atoms with Gasteiger partial charge in [0.25, 0.3) is 12.9 Å². The van der Waals surface area contributed by atoms with E-state index in [0.717, 1.165) is 51.9 Å². The van der Waals surface area contributed by atoms with E-state index in [1.807, 2.05) is 18.5 Å². The van der Waals surface area contributed by atoms with Crippen LogP contribution in [0.25, 0.3) is 0 Å². The number of hydrogen-bond acceptors (Lipinski definition) is 5. The van der Waals surface area contributed by atoms with Gasteiger partial charge in [-0.1, -0.05) is 35.9 Å². The van der Waals surface area contributed by atoms with Crippen LogP contribution in [-0.4, -0.2) is 62.5 Å². The molecule has 2 aliphatic heterocycles. The van der Waals surface area contributed by atoms with Crippen molar-refractivity contribution >= 4 is 18.9 Å². The highest BCUT2D eigenvalue weighted by Crippen LogP contribution is 2.40. The lowest BCUT2D eigenvalue weighted by Gasteiger charge is -2.38. The molecule has 3 heterocycles. The Bertz CT molecular complexity index is 869. The van der Waals surface area contributed by atoms with Crippen LogP contribution in [0.4, 0.5) is 0 Å². The molecule has 0 bridgehead atoms. The summed E-state index contributed by atoms with van der Waals surface area (Å²) in [7, 11) is 0. The number of aryl methyl sites for hydroxylation is 1. The molecule has 2 saturated heterocycles.